The first-order valence-electron chi connectivity index (χ1n) is 5.48. The predicted molar refractivity (Wildman–Crippen MR) is 61.7 cm³/mol. The highest BCUT2D eigenvalue weighted by molar-refractivity contribution is 6.76. The number of rotatable bonds is 3. The Morgan fingerprint density at radius 2 is 2.20 bits per heavy atom. The highest BCUT2D eigenvalue weighted by atomic mass is 28.3. The monoisotopic (exact) mass is 231 g/mol. The molecule has 0 saturated carbocycles. The Morgan fingerprint density at radius 3 is 2.67 bits per heavy atom. The van der Waals surface area contributed by atoms with Crippen molar-refractivity contribution in [1.82, 2.24) is 4.90 Å². The first kappa shape index (κ1) is 12.5. The Kier molecular flexibility index (Phi) is 4.16. The first-order valence-corrected chi connectivity index (χ1v) is 9.19. The van der Waals surface area contributed by atoms with E-state index in [0.717, 1.165) is 6.04 Å². The Labute approximate surface area is 92.2 Å². The van der Waals surface area contributed by atoms with Crippen LogP contribution in [0.25, 0.3) is 0 Å². The van der Waals surface area contributed by atoms with E-state index < -0.39 is 8.07 Å². The van der Waals surface area contributed by atoms with E-state index in [0.29, 0.717) is 26.1 Å². The first-order chi connectivity index (χ1) is 6.88. The van der Waals surface area contributed by atoms with Crippen LogP contribution in [0, 0.1) is 0 Å². The standard InChI is InChI=1S/C10H21NO3Si/c1-15(2,3)7-6-14-10(13)11-5-4-9(12)8-11/h9,12H,4-8H2,1-3H3/t9-/m0/s1. The summed E-state index contributed by atoms with van der Waals surface area (Å²) in [6, 6.07) is 0.995. The van der Waals surface area contributed by atoms with Crippen molar-refractivity contribution >= 4 is 14.2 Å². The summed E-state index contributed by atoms with van der Waals surface area (Å²) < 4.78 is 5.16. The molecule has 1 amide bonds. The highest BCUT2D eigenvalue weighted by Crippen LogP contribution is 2.12. The van der Waals surface area contributed by atoms with Crippen molar-refractivity contribution in [2.45, 2.75) is 38.2 Å². The summed E-state index contributed by atoms with van der Waals surface area (Å²) in [7, 11) is -1.12. The summed E-state index contributed by atoms with van der Waals surface area (Å²) in [5.74, 6) is 0. The van der Waals surface area contributed by atoms with Gasteiger partial charge in [0.05, 0.1) is 12.7 Å². The average Bonchev–Trinajstić information content (AvgIpc) is 2.49. The van der Waals surface area contributed by atoms with Crippen LogP contribution in [-0.4, -0.2) is 50.0 Å². The second-order valence-electron chi connectivity index (χ2n) is 5.31. The fourth-order valence-electron chi connectivity index (χ4n) is 1.44. The number of likely N-dealkylation sites (tertiary alicyclic amines) is 1. The SMILES string of the molecule is C[Si](C)(C)CCOC(=O)N1CC[C@H](O)C1. The van der Waals surface area contributed by atoms with Gasteiger partial charge in [0, 0.05) is 21.2 Å². The molecule has 0 unspecified atom stereocenters. The molecule has 0 aromatic heterocycles. The Hall–Kier alpha value is -0.553. The summed E-state index contributed by atoms with van der Waals surface area (Å²) in [5.41, 5.74) is 0. The summed E-state index contributed by atoms with van der Waals surface area (Å²) in [6.45, 7) is 8.31. The zero-order chi connectivity index (χ0) is 11.5. The predicted octanol–water partition coefficient (Wildman–Crippen LogP) is 1.53. The number of carbonyl (C=O) groups excluding carboxylic acids is 1. The molecule has 1 atom stereocenters. The van der Waals surface area contributed by atoms with Gasteiger partial charge < -0.3 is 14.7 Å². The van der Waals surface area contributed by atoms with Crippen LogP contribution in [0.4, 0.5) is 4.79 Å². The van der Waals surface area contributed by atoms with E-state index >= 15 is 0 Å². The number of hydrogen-bond acceptors (Lipinski definition) is 3. The Bertz CT molecular complexity index is 227. The van der Waals surface area contributed by atoms with Crippen LogP contribution in [0.5, 0.6) is 0 Å². The highest BCUT2D eigenvalue weighted by Gasteiger charge is 2.25. The maximum atomic E-state index is 11.5. The van der Waals surface area contributed by atoms with E-state index in [1.807, 2.05) is 0 Å². The van der Waals surface area contributed by atoms with Gasteiger partial charge >= 0.3 is 6.09 Å². The fraction of sp³-hybridized carbons (Fsp3) is 0.900. The summed E-state index contributed by atoms with van der Waals surface area (Å²) in [5, 5.41) is 9.26. The normalized spacial score (nSPS) is 21.9. The van der Waals surface area contributed by atoms with E-state index in [2.05, 4.69) is 19.6 Å². The molecule has 15 heavy (non-hydrogen) atoms. The topological polar surface area (TPSA) is 49.8 Å². The average molecular weight is 231 g/mol. The molecule has 1 fully saturated rings. The number of β-amino-alcohol motifs (C(OH)–C–C–N with tert-alkyl or cyclic N) is 1. The van der Waals surface area contributed by atoms with Crippen LogP contribution in [-0.2, 0) is 4.74 Å². The maximum absolute atomic E-state index is 11.5. The van der Waals surface area contributed by atoms with Crippen LogP contribution in [0.1, 0.15) is 6.42 Å². The molecule has 4 nitrogen and oxygen atoms in total. The molecule has 0 radical (unpaired) electrons. The minimum absolute atomic E-state index is 0.273. The van der Waals surface area contributed by atoms with Crippen molar-refractivity contribution < 1.29 is 14.6 Å². The largest absolute Gasteiger partial charge is 0.450 e. The molecule has 1 saturated heterocycles. The lowest BCUT2D eigenvalue weighted by molar-refractivity contribution is 0.107. The van der Waals surface area contributed by atoms with Crippen molar-refractivity contribution in [3.8, 4) is 0 Å². The number of ether oxygens (including phenoxy) is 1. The van der Waals surface area contributed by atoms with Gasteiger partial charge in [0.2, 0.25) is 0 Å². The molecular formula is C10H21NO3Si. The molecule has 1 heterocycles. The quantitative estimate of drug-likeness (QED) is 0.749. The number of nitrogens with zero attached hydrogens (tertiary/aromatic N) is 1. The van der Waals surface area contributed by atoms with Crippen LogP contribution in [0.3, 0.4) is 0 Å². The molecule has 0 aromatic carbocycles. The second kappa shape index (κ2) is 4.98. The third-order valence-electron chi connectivity index (χ3n) is 2.50. The van der Waals surface area contributed by atoms with Gasteiger partial charge in [-0.1, -0.05) is 19.6 Å². The van der Waals surface area contributed by atoms with Gasteiger partial charge in [-0.3, -0.25) is 0 Å². The van der Waals surface area contributed by atoms with Crippen molar-refractivity contribution in [1.29, 1.82) is 0 Å². The van der Waals surface area contributed by atoms with Gasteiger partial charge in [-0.2, -0.15) is 0 Å². The molecule has 0 bridgehead atoms. The Morgan fingerprint density at radius 1 is 1.53 bits per heavy atom. The van der Waals surface area contributed by atoms with Crippen LogP contribution in [0.15, 0.2) is 0 Å². The molecule has 0 spiro atoms. The van der Waals surface area contributed by atoms with Gasteiger partial charge in [0.15, 0.2) is 0 Å². The summed E-state index contributed by atoms with van der Waals surface area (Å²) in [6.07, 6.45) is 0.0303. The molecule has 1 aliphatic heterocycles. The molecule has 5 heteroatoms. The fourth-order valence-corrected chi connectivity index (χ4v) is 2.16. The van der Waals surface area contributed by atoms with Crippen molar-refractivity contribution in [3.05, 3.63) is 0 Å². The molecule has 1 N–H and O–H groups in total. The van der Waals surface area contributed by atoms with Gasteiger partial charge in [0.25, 0.3) is 0 Å². The third kappa shape index (κ3) is 4.66. The molecule has 0 aromatic rings. The molecule has 1 aliphatic rings. The van der Waals surface area contributed by atoms with E-state index in [1.165, 1.54) is 0 Å². The lowest BCUT2D eigenvalue weighted by atomic mass is 10.3. The van der Waals surface area contributed by atoms with Crippen molar-refractivity contribution in [2.75, 3.05) is 19.7 Å². The molecular weight excluding hydrogens is 210 g/mol. The molecule has 0 aliphatic carbocycles. The number of amides is 1. The number of aliphatic hydroxyl groups excluding tert-OH is 1. The van der Waals surface area contributed by atoms with Crippen LogP contribution < -0.4 is 0 Å². The number of aliphatic hydroxyl groups is 1. The zero-order valence-corrected chi connectivity index (χ0v) is 10.8. The lowest BCUT2D eigenvalue weighted by Gasteiger charge is -2.18. The van der Waals surface area contributed by atoms with Crippen molar-refractivity contribution in [2.24, 2.45) is 0 Å². The lowest BCUT2D eigenvalue weighted by Crippen LogP contribution is -2.31. The van der Waals surface area contributed by atoms with E-state index in [9.17, 15) is 9.90 Å². The van der Waals surface area contributed by atoms with Gasteiger partial charge in [-0.25, -0.2) is 4.79 Å². The zero-order valence-electron chi connectivity index (χ0n) is 9.82. The third-order valence-corrected chi connectivity index (χ3v) is 4.20. The van der Waals surface area contributed by atoms with Crippen LogP contribution >= 0.6 is 0 Å². The minimum Gasteiger partial charge on any atom is -0.450 e. The van der Waals surface area contributed by atoms with Crippen LogP contribution in [0.2, 0.25) is 25.7 Å². The maximum Gasteiger partial charge on any atom is 0.409 e. The van der Waals surface area contributed by atoms with Gasteiger partial charge in [-0.05, 0) is 12.5 Å². The number of carbonyl (C=O) groups is 1. The smallest absolute Gasteiger partial charge is 0.409 e. The van der Waals surface area contributed by atoms with E-state index in [4.69, 9.17) is 4.74 Å². The second-order valence-corrected chi connectivity index (χ2v) is 10.9. The Balaban J connectivity index is 2.19. The van der Waals surface area contributed by atoms with E-state index in [-0.39, 0.29) is 12.2 Å². The minimum atomic E-state index is -1.12. The molecule has 88 valence electrons. The van der Waals surface area contributed by atoms with Gasteiger partial charge in [-0.15, -0.1) is 0 Å². The van der Waals surface area contributed by atoms with Crippen molar-refractivity contribution in [3.63, 3.8) is 0 Å². The summed E-state index contributed by atoms with van der Waals surface area (Å²) in [4.78, 5) is 13.1. The number of hydrogen-bond donors (Lipinski definition) is 1. The molecule has 1 rings (SSSR count). The van der Waals surface area contributed by atoms with E-state index in [1.54, 1.807) is 4.90 Å². The summed E-state index contributed by atoms with van der Waals surface area (Å²) >= 11 is 0. The van der Waals surface area contributed by atoms with Gasteiger partial charge in [0.1, 0.15) is 0 Å².